The van der Waals surface area contributed by atoms with Gasteiger partial charge < -0.3 is 14.4 Å². The molecule has 1 amide bonds. The van der Waals surface area contributed by atoms with E-state index in [4.69, 9.17) is 0 Å². The molecule has 0 aliphatic rings. The van der Waals surface area contributed by atoms with Crippen molar-refractivity contribution >= 4 is 23.0 Å². The molecule has 3 N–H and O–H groups in total. The molecule has 0 fully saturated rings. The van der Waals surface area contributed by atoms with E-state index in [1.807, 2.05) is 6.92 Å². The first-order valence-electron chi connectivity index (χ1n) is 7.68. The summed E-state index contributed by atoms with van der Waals surface area (Å²) in [5.74, 6) is -0.381. The number of aliphatic hydroxyl groups is 1. The highest BCUT2D eigenvalue weighted by atomic mass is 16.4. The van der Waals surface area contributed by atoms with Crippen LogP contribution in [0.4, 0.5) is 5.95 Å². The maximum Gasteiger partial charge on any atom is 0.280 e. The second kappa shape index (κ2) is 9.14. The zero-order valence-corrected chi connectivity index (χ0v) is 14.7. The predicted molar refractivity (Wildman–Crippen MR) is 90.8 cm³/mol. The summed E-state index contributed by atoms with van der Waals surface area (Å²) in [6, 6.07) is 0. The average Bonchev–Trinajstić information content (AvgIpc) is 2.91. The van der Waals surface area contributed by atoms with E-state index in [0.29, 0.717) is 18.6 Å². The van der Waals surface area contributed by atoms with Gasteiger partial charge >= 0.3 is 0 Å². The third-order valence-corrected chi connectivity index (χ3v) is 3.12. The summed E-state index contributed by atoms with van der Waals surface area (Å²) in [5.41, 5.74) is 0.0925. The minimum atomic E-state index is -0.544. The zero-order valence-electron chi connectivity index (χ0n) is 14.7. The number of methoxy groups -OCH3 is 1. The van der Waals surface area contributed by atoms with Gasteiger partial charge in [0.1, 0.15) is 0 Å². The molecule has 1 atom stereocenters. The van der Waals surface area contributed by atoms with Crippen molar-refractivity contribution < 1.29 is 14.6 Å². The largest absolute Gasteiger partial charge is 0.391 e. The minimum Gasteiger partial charge on any atom is -0.391 e. The number of aliphatic hydroxyl groups excluding tert-OH is 1. The van der Waals surface area contributed by atoms with Crippen LogP contribution in [0, 0.1) is 5.92 Å². The molecule has 0 aliphatic carbocycles. The van der Waals surface area contributed by atoms with E-state index in [0.717, 1.165) is 0 Å². The van der Waals surface area contributed by atoms with Gasteiger partial charge in [-0.25, -0.2) is 4.98 Å². The highest BCUT2D eigenvalue weighted by molar-refractivity contribution is 5.91. The van der Waals surface area contributed by atoms with Crippen molar-refractivity contribution in [1.29, 1.82) is 0 Å². The number of anilines is 1. The van der Waals surface area contributed by atoms with E-state index >= 15 is 0 Å². The van der Waals surface area contributed by atoms with Crippen LogP contribution in [0.3, 0.4) is 0 Å². The van der Waals surface area contributed by atoms with Crippen molar-refractivity contribution in [1.82, 2.24) is 19.5 Å². The topological polar surface area (TPSA) is 122 Å². The molecule has 0 saturated carbocycles. The maximum absolute atomic E-state index is 11.9. The molecular weight excluding hydrogens is 314 g/mol. The molecule has 2 heterocycles. The standard InChI is InChI=1S/C13H19N5O3.C2H6O/c1-4-8(19)5-18-6-14-9-10(18)15-13(17-12(9)21)16-11(20)7(2)3;1-3-2/h6-8,19H,4-5H2,1-3H3,(H2,15,16,17,20,21);1-2H3/t8-;/m1./s1. The first-order chi connectivity index (χ1) is 11.3. The highest BCUT2D eigenvalue weighted by Gasteiger charge is 2.14. The summed E-state index contributed by atoms with van der Waals surface area (Å²) in [4.78, 5) is 34.3. The van der Waals surface area contributed by atoms with Crippen LogP contribution in [-0.2, 0) is 16.1 Å². The molecule has 0 unspecified atom stereocenters. The van der Waals surface area contributed by atoms with Crippen LogP contribution in [0.25, 0.3) is 11.2 Å². The Hall–Kier alpha value is -2.26. The molecule has 9 nitrogen and oxygen atoms in total. The van der Waals surface area contributed by atoms with Crippen LogP contribution in [0.2, 0.25) is 0 Å². The number of nitrogens with one attached hydrogen (secondary N) is 2. The summed E-state index contributed by atoms with van der Waals surface area (Å²) in [6.07, 6.45) is 1.50. The molecule has 0 spiro atoms. The Morgan fingerprint density at radius 2 is 2.08 bits per heavy atom. The van der Waals surface area contributed by atoms with E-state index in [9.17, 15) is 14.7 Å². The Kier molecular flexibility index (Phi) is 7.53. The number of nitrogens with zero attached hydrogens (tertiary/aromatic N) is 3. The van der Waals surface area contributed by atoms with Crippen LogP contribution in [-0.4, -0.2) is 50.9 Å². The van der Waals surface area contributed by atoms with Crippen molar-refractivity contribution in [3.63, 3.8) is 0 Å². The van der Waals surface area contributed by atoms with Gasteiger partial charge in [0.25, 0.3) is 5.56 Å². The van der Waals surface area contributed by atoms with Gasteiger partial charge in [0.2, 0.25) is 11.9 Å². The SMILES string of the molecule is CC[C@@H](O)Cn1cnc2c(=O)[nH]c(NC(=O)C(C)C)nc21.COC. The second-order valence-corrected chi connectivity index (χ2v) is 5.60. The Bertz CT molecular complexity index is 722. The number of imidazole rings is 1. The molecule has 0 radical (unpaired) electrons. The number of rotatable bonds is 5. The van der Waals surface area contributed by atoms with Gasteiger partial charge in [-0.15, -0.1) is 0 Å². The lowest BCUT2D eigenvalue weighted by molar-refractivity contribution is -0.118. The maximum atomic E-state index is 11.9. The summed E-state index contributed by atoms with van der Waals surface area (Å²) >= 11 is 0. The van der Waals surface area contributed by atoms with E-state index in [-0.39, 0.29) is 23.3 Å². The number of hydrogen-bond acceptors (Lipinski definition) is 6. The van der Waals surface area contributed by atoms with Crippen LogP contribution in [0.1, 0.15) is 27.2 Å². The average molecular weight is 339 g/mol. The number of ether oxygens (including phenoxy) is 1. The van der Waals surface area contributed by atoms with Gasteiger partial charge in [0.15, 0.2) is 11.2 Å². The second-order valence-electron chi connectivity index (χ2n) is 5.60. The van der Waals surface area contributed by atoms with Gasteiger partial charge in [0.05, 0.1) is 19.0 Å². The van der Waals surface area contributed by atoms with Gasteiger partial charge in [0, 0.05) is 20.1 Å². The lowest BCUT2D eigenvalue weighted by Gasteiger charge is -2.10. The molecule has 2 aromatic rings. The minimum absolute atomic E-state index is 0.0824. The van der Waals surface area contributed by atoms with Gasteiger partial charge in [-0.3, -0.25) is 19.9 Å². The van der Waals surface area contributed by atoms with Crippen LogP contribution < -0.4 is 10.9 Å². The fourth-order valence-electron chi connectivity index (χ4n) is 1.76. The Morgan fingerprint density at radius 3 is 2.62 bits per heavy atom. The van der Waals surface area contributed by atoms with E-state index in [2.05, 4.69) is 25.0 Å². The first kappa shape index (κ1) is 19.8. The summed E-state index contributed by atoms with van der Waals surface area (Å²) in [5, 5.41) is 12.3. The third kappa shape index (κ3) is 5.14. The van der Waals surface area contributed by atoms with E-state index < -0.39 is 11.7 Å². The number of hydrogen-bond donors (Lipinski definition) is 3. The molecule has 134 valence electrons. The molecule has 2 rings (SSSR count). The van der Waals surface area contributed by atoms with Crippen LogP contribution >= 0.6 is 0 Å². The fourth-order valence-corrected chi connectivity index (χ4v) is 1.76. The van der Waals surface area contributed by atoms with Crippen molar-refractivity contribution in [2.45, 2.75) is 39.8 Å². The van der Waals surface area contributed by atoms with Gasteiger partial charge in [-0.1, -0.05) is 20.8 Å². The number of carbonyl (C=O) groups excluding carboxylic acids is 1. The summed E-state index contributed by atoms with van der Waals surface area (Å²) < 4.78 is 5.85. The fraction of sp³-hybridized carbons (Fsp3) is 0.600. The van der Waals surface area contributed by atoms with Gasteiger partial charge in [-0.2, -0.15) is 4.98 Å². The monoisotopic (exact) mass is 339 g/mol. The Labute approximate surface area is 140 Å². The number of amides is 1. The number of fused-ring (bicyclic) bond motifs is 1. The molecule has 9 heteroatoms. The smallest absolute Gasteiger partial charge is 0.280 e. The third-order valence-electron chi connectivity index (χ3n) is 3.12. The Morgan fingerprint density at radius 1 is 1.46 bits per heavy atom. The summed E-state index contributed by atoms with van der Waals surface area (Å²) in [7, 11) is 3.25. The predicted octanol–water partition coefficient (Wildman–Crippen LogP) is 0.748. The molecule has 0 aliphatic heterocycles. The quantitative estimate of drug-likeness (QED) is 0.739. The molecule has 0 aromatic carbocycles. The molecule has 24 heavy (non-hydrogen) atoms. The van der Waals surface area contributed by atoms with E-state index in [1.165, 1.54) is 6.33 Å². The first-order valence-corrected chi connectivity index (χ1v) is 7.68. The van der Waals surface area contributed by atoms with Crippen LogP contribution in [0.15, 0.2) is 11.1 Å². The number of aromatic nitrogens is 4. The molecule has 2 aromatic heterocycles. The number of aromatic amines is 1. The normalized spacial score (nSPS) is 12.0. The summed E-state index contributed by atoms with van der Waals surface area (Å²) in [6.45, 7) is 5.64. The van der Waals surface area contributed by atoms with Gasteiger partial charge in [-0.05, 0) is 6.42 Å². The zero-order chi connectivity index (χ0) is 18.3. The molecular formula is C15H25N5O4. The number of H-pyrrole nitrogens is 1. The van der Waals surface area contributed by atoms with E-state index in [1.54, 1.807) is 32.6 Å². The molecule has 0 saturated heterocycles. The van der Waals surface area contributed by atoms with Crippen molar-refractivity contribution in [3.05, 3.63) is 16.7 Å². The van der Waals surface area contributed by atoms with Crippen molar-refractivity contribution in [3.8, 4) is 0 Å². The number of carbonyl (C=O) groups is 1. The molecule has 0 bridgehead atoms. The highest BCUT2D eigenvalue weighted by Crippen LogP contribution is 2.10. The Balaban J connectivity index is 0.000000891. The lowest BCUT2D eigenvalue weighted by Crippen LogP contribution is -2.22. The van der Waals surface area contributed by atoms with Crippen LogP contribution in [0.5, 0.6) is 0 Å². The lowest BCUT2D eigenvalue weighted by atomic mass is 10.2. The van der Waals surface area contributed by atoms with Crippen molar-refractivity contribution in [2.75, 3.05) is 19.5 Å². The van der Waals surface area contributed by atoms with Crippen molar-refractivity contribution in [2.24, 2.45) is 5.92 Å².